The molecule has 0 nitrogen and oxygen atoms in total. The van der Waals surface area contributed by atoms with E-state index in [4.69, 9.17) is 0 Å². The summed E-state index contributed by atoms with van der Waals surface area (Å²) in [6.07, 6.45) is 13.1. The fraction of sp³-hybridized carbons (Fsp3) is 0.333. The van der Waals surface area contributed by atoms with Crippen molar-refractivity contribution in [2.75, 3.05) is 0 Å². The highest BCUT2D eigenvalue weighted by molar-refractivity contribution is 5.75. The Morgan fingerprint density at radius 1 is 1.22 bits per heavy atom. The van der Waals surface area contributed by atoms with E-state index in [0.717, 1.165) is 12.8 Å². The third-order valence-corrected chi connectivity index (χ3v) is 3.16. The van der Waals surface area contributed by atoms with Crippen LogP contribution in [0.15, 0.2) is 24.8 Å². The van der Waals surface area contributed by atoms with Crippen molar-refractivity contribution in [3.63, 3.8) is 0 Å². The summed E-state index contributed by atoms with van der Waals surface area (Å²) in [7, 11) is 0. The van der Waals surface area contributed by atoms with Gasteiger partial charge in [-0.15, -0.1) is 0 Å². The van der Waals surface area contributed by atoms with Crippen molar-refractivity contribution < 1.29 is 0 Å². The van der Waals surface area contributed by atoms with Gasteiger partial charge in [-0.25, -0.2) is 0 Å². The van der Waals surface area contributed by atoms with Gasteiger partial charge in [-0.1, -0.05) is 56.9 Å². The molecule has 0 bridgehead atoms. The van der Waals surface area contributed by atoms with E-state index in [9.17, 15) is 0 Å². The minimum atomic E-state index is 1.15. The van der Waals surface area contributed by atoms with Gasteiger partial charge < -0.3 is 0 Å². The Morgan fingerprint density at radius 2 is 1.94 bits per heavy atom. The van der Waals surface area contributed by atoms with Crippen LogP contribution in [0, 0.1) is 6.92 Å². The van der Waals surface area contributed by atoms with Crippen LogP contribution in [0.5, 0.6) is 0 Å². The van der Waals surface area contributed by atoms with Crippen molar-refractivity contribution >= 4 is 18.2 Å². The maximum Gasteiger partial charge on any atom is -0.0147 e. The van der Waals surface area contributed by atoms with Crippen molar-refractivity contribution in [2.24, 2.45) is 0 Å². The van der Waals surface area contributed by atoms with E-state index in [1.165, 1.54) is 27.8 Å². The first-order valence-electron chi connectivity index (χ1n) is 6.86. The molecule has 0 heterocycles. The molecular formula is C18H24. The first-order valence-corrected chi connectivity index (χ1v) is 6.86. The van der Waals surface area contributed by atoms with Gasteiger partial charge in [-0.3, -0.25) is 0 Å². The lowest BCUT2D eigenvalue weighted by Crippen LogP contribution is -2.01. The standard InChI is InChI=1S/C16H18.C2H6/c1-4-8-16-14(5-2)12(3)11-13-9-6-7-10-15(13)16;1-2/h4-6,8-9,11H,2,7,10H2,1,3H3;1-2H3/b8-4-;. The Balaban J connectivity index is 0.000000771. The highest BCUT2D eigenvalue weighted by Gasteiger charge is 2.12. The number of rotatable bonds is 2. The lowest BCUT2D eigenvalue weighted by atomic mass is 9.87. The molecule has 1 aliphatic rings. The molecule has 0 unspecified atom stereocenters. The average molecular weight is 240 g/mol. The third-order valence-electron chi connectivity index (χ3n) is 3.16. The van der Waals surface area contributed by atoms with Crippen molar-refractivity contribution in [1.82, 2.24) is 0 Å². The molecule has 1 aromatic rings. The molecule has 0 saturated heterocycles. The fourth-order valence-electron chi connectivity index (χ4n) is 2.42. The van der Waals surface area contributed by atoms with Crippen LogP contribution in [0.25, 0.3) is 18.2 Å². The van der Waals surface area contributed by atoms with Crippen LogP contribution in [0.3, 0.4) is 0 Å². The van der Waals surface area contributed by atoms with Crippen LogP contribution >= 0.6 is 0 Å². The highest BCUT2D eigenvalue weighted by Crippen LogP contribution is 2.30. The summed E-state index contributed by atoms with van der Waals surface area (Å²) in [4.78, 5) is 0. The van der Waals surface area contributed by atoms with E-state index in [1.54, 1.807) is 0 Å². The Kier molecular flexibility index (Phi) is 5.64. The topological polar surface area (TPSA) is 0 Å². The Bertz CT molecular complexity index is 473. The number of hydrogen-bond acceptors (Lipinski definition) is 0. The second kappa shape index (κ2) is 7.00. The van der Waals surface area contributed by atoms with Crippen LogP contribution in [0.1, 0.15) is 55.0 Å². The maximum absolute atomic E-state index is 3.93. The van der Waals surface area contributed by atoms with Gasteiger partial charge in [0.05, 0.1) is 0 Å². The largest absolute Gasteiger partial charge is 0.0984 e. The van der Waals surface area contributed by atoms with Crippen LogP contribution < -0.4 is 0 Å². The molecule has 1 aliphatic carbocycles. The molecule has 0 heteroatoms. The SMILES string of the molecule is C=Cc1c(C)cc2c(c1/C=C\C)CCC=C2.CC. The van der Waals surface area contributed by atoms with E-state index >= 15 is 0 Å². The van der Waals surface area contributed by atoms with Crippen molar-refractivity contribution in [3.05, 3.63) is 52.6 Å². The first-order chi connectivity index (χ1) is 8.77. The van der Waals surface area contributed by atoms with Gasteiger partial charge in [0.15, 0.2) is 0 Å². The van der Waals surface area contributed by atoms with Crippen LogP contribution in [-0.4, -0.2) is 0 Å². The van der Waals surface area contributed by atoms with Gasteiger partial charge in [-0.2, -0.15) is 0 Å². The van der Waals surface area contributed by atoms with Crippen LogP contribution in [-0.2, 0) is 6.42 Å². The summed E-state index contributed by atoms with van der Waals surface area (Å²) in [5.74, 6) is 0. The Labute approximate surface area is 112 Å². The molecule has 0 aliphatic heterocycles. The highest BCUT2D eigenvalue weighted by atomic mass is 14.2. The predicted octanol–water partition coefficient (Wildman–Crippen LogP) is 5.66. The quantitative estimate of drug-likeness (QED) is 0.626. The van der Waals surface area contributed by atoms with E-state index in [0.29, 0.717) is 0 Å². The number of hydrogen-bond donors (Lipinski definition) is 0. The Hall–Kier alpha value is -1.56. The molecule has 18 heavy (non-hydrogen) atoms. The van der Waals surface area contributed by atoms with E-state index in [1.807, 2.05) is 19.9 Å². The van der Waals surface area contributed by atoms with Gasteiger partial charge >= 0.3 is 0 Å². The zero-order valence-corrected chi connectivity index (χ0v) is 12.1. The first kappa shape index (κ1) is 14.5. The Morgan fingerprint density at radius 3 is 2.56 bits per heavy atom. The fourth-order valence-corrected chi connectivity index (χ4v) is 2.42. The van der Waals surface area contributed by atoms with Gasteiger partial charge in [0.25, 0.3) is 0 Å². The summed E-state index contributed by atoms with van der Waals surface area (Å²) in [5, 5.41) is 0. The second-order valence-electron chi connectivity index (χ2n) is 4.23. The van der Waals surface area contributed by atoms with Crippen LogP contribution in [0.4, 0.5) is 0 Å². The zero-order chi connectivity index (χ0) is 13.5. The monoisotopic (exact) mass is 240 g/mol. The normalized spacial score (nSPS) is 12.9. The third kappa shape index (κ3) is 2.81. The number of benzene rings is 1. The molecule has 0 fully saturated rings. The van der Waals surface area contributed by atoms with E-state index < -0.39 is 0 Å². The lowest BCUT2D eigenvalue weighted by molar-refractivity contribution is 0.979. The summed E-state index contributed by atoms with van der Waals surface area (Å²) >= 11 is 0. The number of fused-ring (bicyclic) bond motifs is 1. The molecular weight excluding hydrogens is 216 g/mol. The van der Waals surface area contributed by atoms with Gasteiger partial charge in [-0.05, 0) is 54.5 Å². The molecule has 0 aromatic heterocycles. The molecule has 0 N–H and O–H groups in total. The smallest absolute Gasteiger partial charge is 0.0147 e. The van der Waals surface area contributed by atoms with Crippen molar-refractivity contribution in [2.45, 2.75) is 40.5 Å². The zero-order valence-electron chi connectivity index (χ0n) is 12.1. The predicted molar refractivity (Wildman–Crippen MR) is 84.7 cm³/mol. The van der Waals surface area contributed by atoms with Crippen molar-refractivity contribution in [3.8, 4) is 0 Å². The summed E-state index contributed by atoms with van der Waals surface area (Å²) in [6, 6.07) is 2.27. The number of aryl methyl sites for hydroxylation is 1. The van der Waals surface area contributed by atoms with Crippen LogP contribution in [0.2, 0.25) is 0 Å². The molecule has 2 rings (SSSR count). The average Bonchev–Trinajstić information content (AvgIpc) is 2.41. The minimum absolute atomic E-state index is 1.15. The van der Waals surface area contributed by atoms with Gasteiger partial charge in [0.2, 0.25) is 0 Å². The molecule has 0 radical (unpaired) electrons. The maximum atomic E-state index is 3.93. The lowest BCUT2D eigenvalue weighted by Gasteiger charge is -2.18. The number of allylic oxidation sites excluding steroid dienone is 2. The molecule has 1 aromatic carbocycles. The summed E-state index contributed by atoms with van der Waals surface area (Å²) in [6.45, 7) is 12.2. The summed E-state index contributed by atoms with van der Waals surface area (Å²) in [5.41, 5.74) is 6.81. The molecule has 0 amide bonds. The van der Waals surface area contributed by atoms with Gasteiger partial charge in [0, 0.05) is 0 Å². The minimum Gasteiger partial charge on any atom is -0.0984 e. The summed E-state index contributed by atoms with van der Waals surface area (Å²) < 4.78 is 0. The van der Waals surface area contributed by atoms with Gasteiger partial charge in [0.1, 0.15) is 0 Å². The van der Waals surface area contributed by atoms with Crippen molar-refractivity contribution in [1.29, 1.82) is 0 Å². The second-order valence-corrected chi connectivity index (χ2v) is 4.23. The molecule has 0 spiro atoms. The molecule has 0 atom stereocenters. The molecule has 0 saturated carbocycles. The van der Waals surface area contributed by atoms with E-state index in [-0.39, 0.29) is 0 Å². The molecule has 96 valence electrons. The van der Waals surface area contributed by atoms with E-state index in [2.05, 4.69) is 50.8 Å².